The van der Waals surface area contributed by atoms with Crippen molar-refractivity contribution < 1.29 is 24.2 Å². The highest BCUT2D eigenvalue weighted by molar-refractivity contribution is 5.77. The molecule has 7 heteroatoms. The molecule has 0 radical (unpaired) electrons. The molecule has 0 unspecified atom stereocenters. The molecule has 0 aliphatic rings. The molecule has 0 aromatic rings. The molecule has 0 rings (SSSR count). The Bertz CT molecular complexity index is 421. The van der Waals surface area contributed by atoms with Crippen LogP contribution in [0.5, 0.6) is 0 Å². The topological polar surface area (TPSA) is 96.9 Å². The molecule has 0 aromatic carbocycles. The standard InChI is InChI=1S/C25H50N2O5/c1-2-27-24(28)23-32-22-21-31-20-19-26-18-16-14-12-10-8-6-4-3-5-7-9-11-13-15-17-25(29)30/h26H,2-23H2,1H3,(H,27,28)(H,29,30). The number of hydrogen-bond donors (Lipinski definition) is 3. The van der Waals surface area contributed by atoms with Gasteiger partial charge in [0.1, 0.15) is 6.61 Å². The van der Waals surface area contributed by atoms with E-state index in [-0.39, 0.29) is 12.5 Å². The van der Waals surface area contributed by atoms with Crippen LogP contribution in [0, 0.1) is 0 Å². The van der Waals surface area contributed by atoms with Gasteiger partial charge in [-0.25, -0.2) is 0 Å². The smallest absolute Gasteiger partial charge is 0.303 e. The molecule has 3 N–H and O–H groups in total. The number of unbranched alkanes of at least 4 members (excludes halogenated alkanes) is 13. The Morgan fingerprint density at radius 1 is 0.656 bits per heavy atom. The Morgan fingerprint density at radius 2 is 1.16 bits per heavy atom. The van der Waals surface area contributed by atoms with Gasteiger partial charge in [-0.15, -0.1) is 0 Å². The highest BCUT2D eigenvalue weighted by atomic mass is 16.5. The van der Waals surface area contributed by atoms with Gasteiger partial charge in [0.25, 0.3) is 0 Å². The molecule has 0 fully saturated rings. The predicted octanol–water partition coefficient (Wildman–Crippen LogP) is 4.68. The molecular weight excluding hydrogens is 408 g/mol. The molecular formula is C25H50N2O5. The van der Waals surface area contributed by atoms with Crippen LogP contribution in [-0.4, -0.2) is 63.0 Å². The van der Waals surface area contributed by atoms with Gasteiger partial charge >= 0.3 is 5.97 Å². The van der Waals surface area contributed by atoms with Crippen LogP contribution in [0.2, 0.25) is 0 Å². The van der Waals surface area contributed by atoms with Gasteiger partial charge < -0.3 is 25.2 Å². The number of rotatable bonds is 26. The Hall–Kier alpha value is -1.18. The Balaban J connectivity index is 3.05. The number of nitrogens with one attached hydrogen (secondary N) is 2. The number of aliphatic carboxylic acids is 1. The third-order valence-electron chi connectivity index (χ3n) is 5.40. The first-order chi connectivity index (χ1) is 15.7. The number of carbonyl (C=O) groups excluding carboxylic acids is 1. The zero-order chi connectivity index (χ0) is 23.5. The fourth-order valence-electron chi connectivity index (χ4n) is 3.55. The zero-order valence-corrected chi connectivity index (χ0v) is 20.6. The van der Waals surface area contributed by atoms with Crippen LogP contribution < -0.4 is 10.6 Å². The molecule has 0 aliphatic heterocycles. The Morgan fingerprint density at radius 3 is 1.69 bits per heavy atom. The molecule has 0 aliphatic carbocycles. The molecule has 0 bridgehead atoms. The van der Waals surface area contributed by atoms with Crippen molar-refractivity contribution in [2.75, 3.05) is 46.1 Å². The number of hydrogen-bond acceptors (Lipinski definition) is 5. The van der Waals surface area contributed by atoms with Gasteiger partial charge in [0, 0.05) is 19.5 Å². The van der Waals surface area contributed by atoms with Crippen molar-refractivity contribution in [3.8, 4) is 0 Å². The zero-order valence-electron chi connectivity index (χ0n) is 20.6. The quantitative estimate of drug-likeness (QED) is 0.163. The molecule has 0 aromatic heterocycles. The van der Waals surface area contributed by atoms with Crippen LogP contribution >= 0.6 is 0 Å². The summed E-state index contributed by atoms with van der Waals surface area (Å²) in [6.07, 6.45) is 17.9. The molecule has 32 heavy (non-hydrogen) atoms. The van der Waals surface area contributed by atoms with E-state index in [1.807, 2.05) is 6.92 Å². The molecule has 7 nitrogen and oxygen atoms in total. The van der Waals surface area contributed by atoms with E-state index in [0.717, 1.165) is 25.9 Å². The normalized spacial score (nSPS) is 11.0. The summed E-state index contributed by atoms with van der Waals surface area (Å²) in [5.41, 5.74) is 0. The van der Waals surface area contributed by atoms with E-state index in [4.69, 9.17) is 14.6 Å². The second kappa shape index (κ2) is 26.1. The molecule has 0 spiro atoms. The lowest BCUT2D eigenvalue weighted by molar-refractivity contribution is -0.137. The minimum absolute atomic E-state index is 0.0797. The maximum atomic E-state index is 11.2. The lowest BCUT2D eigenvalue weighted by atomic mass is 10.0. The molecule has 1 amide bonds. The first-order valence-corrected chi connectivity index (χ1v) is 13.0. The summed E-state index contributed by atoms with van der Waals surface area (Å²) < 4.78 is 10.7. The number of ether oxygens (including phenoxy) is 2. The summed E-state index contributed by atoms with van der Waals surface area (Å²) in [6, 6.07) is 0. The van der Waals surface area contributed by atoms with Crippen LogP contribution in [0.4, 0.5) is 0 Å². The van der Waals surface area contributed by atoms with E-state index in [2.05, 4.69) is 10.6 Å². The van der Waals surface area contributed by atoms with Gasteiger partial charge in [0.05, 0.1) is 19.8 Å². The summed E-state index contributed by atoms with van der Waals surface area (Å²) in [4.78, 5) is 21.6. The van der Waals surface area contributed by atoms with Crippen LogP contribution in [-0.2, 0) is 19.1 Å². The van der Waals surface area contributed by atoms with E-state index < -0.39 is 5.97 Å². The predicted molar refractivity (Wildman–Crippen MR) is 130 cm³/mol. The van der Waals surface area contributed by atoms with Crippen LogP contribution in [0.25, 0.3) is 0 Å². The van der Waals surface area contributed by atoms with Crippen molar-refractivity contribution in [3.63, 3.8) is 0 Å². The largest absolute Gasteiger partial charge is 0.481 e. The Kier molecular flexibility index (Phi) is 25.1. The highest BCUT2D eigenvalue weighted by Crippen LogP contribution is 2.13. The SMILES string of the molecule is CCNC(=O)COCCOCCNCCCCCCCCCCCCCCCCC(=O)O. The summed E-state index contributed by atoms with van der Waals surface area (Å²) in [5, 5.41) is 14.7. The van der Waals surface area contributed by atoms with Crippen molar-refractivity contribution in [2.24, 2.45) is 0 Å². The second-order valence-electron chi connectivity index (χ2n) is 8.46. The molecule has 0 atom stereocenters. The van der Waals surface area contributed by atoms with Crippen molar-refractivity contribution in [1.82, 2.24) is 10.6 Å². The molecule has 0 saturated heterocycles. The maximum absolute atomic E-state index is 11.2. The van der Waals surface area contributed by atoms with E-state index >= 15 is 0 Å². The molecule has 190 valence electrons. The minimum Gasteiger partial charge on any atom is -0.481 e. The van der Waals surface area contributed by atoms with Crippen LogP contribution in [0.3, 0.4) is 0 Å². The van der Waals surface area contributed by atoms with E-state index in [1.54, 1.807) is 0 Å². The second-order valence-corrected chi connectivity index (χ2v) is 8.46. The fraction of sp³-hybridized carbons (Fsp3) is 0.920. The number of likely N-dealkylation sites (N-methyl/N-ethyl adjacent to an activating group) is 1. The van der Waals surface area contributed by atoms with Gasteiger partial charge in [-0.3, -0.25) is 9.59 Å². The minimum atomic E-state index is -0.669. The first kappa shape index (κ1) is 30.8. The monoisotopic (exact) mass is 458 g/mol. The van der Waals surface area contributed by atoms with Gasteiger partial charge in [-0.05, 0) is 26.3 Å². The Labute approximate surface area is 196 Å². The lowest BCUT2D eigenvalue weighted by Crippen LogP contribution is -2.28. The van der Waals surface area contributed by atoms with Crippen molar-refractivity contribution in [3.05, 3.63) is 0 Å². The van der Waals surface area contributed by atoms with Crippen LogP contribution in [0.1, 0.15) is 103 Å². The summed E-state index contributed by atoms with van der Waals surface area (Å²) in [7, 11) is 0. The van der Waals surface area contributed by atoms with Gasteiger partial charge in [-0.2, -0.15) is 0 Å². The number of carboxylic acids is 1. The average Bonchev–Trinajstić information content (AvgIpc) is 2.76. The fourth-order valence-corrected chi connectivity index (χ4v) is 3.55. The van der Waals surface area contributed by atoms with Crippen molar-refractivity contribution in [2.45, 2.75) is 103 Å². The van der Waals surface area contributed by atoms with Gasteiger partial charge in [-0.1, -0.05) is 77.0 Å². The maximum Gasteiger partial charge on any atom is 0.303 e. The average molecular weight is 459 g/mol. The van der Waals surface area contributed by atoms with Crippen molar-refractivity contribution >= 4 is 11.9 Å². The van der Waals surface area contributed by atoms with E-state index in [1.165, 1.54) is 77.0 Å². The van der Waals surface area contributed by atoms with E-state index in [0.29, 0.717) is 32.8 Å². The van der Waals surface area contributed by atoms with Gasteiger partial charge in [0.2, 0.25) is 5.91 Å². The summed E-state index contributed by atoms with van der Waals surface area (Å²) in [5.74, 6) is -0.749. The number of amides is 1. The third kappa shape index (κ3) is 26.9. The van der Waals surface area contributed by atoms with Crippen molar-refractivity contribution in [1.29, 1.82) is 0 Å². The van der Waals surface area contributed by atoms with Gasteiger partial charge in [0.15, 0.2) is 0 Å². The molecule has 0 saturated carbocycles. The number of carbonyl (C=O) groups is 2. The highest BCUT2D eigenvalue weighted by Gasteiger charge is 1.99. The first-order valence-electron chi connectivity index (χ1n) is 13.0. The lowest BCUT2D eigenvalue weighted by Gasteiger charge is -2.07. The third-order valence-corrected chi connectivity index (χ3v) is 5.40. The van der Waals surface area contributed by atoms with Crippen LogP contribution in [0.15, 0.2) is 0 Å². The summed E-state index contributed by atoms with van der Waals surface area (Å²) in [6.45, 7) is 6.18. The van der Waals surface area contributed by atoms with E-state index in [9.17, 15) is 9.59 Å². The molecule has 0 heterocycles. The number of carboxylic acid groups (broad SMARTS) is 1. The summed E-state index contributed by atoms with van der Waals surface area (Å²) >= 11 is 0.